The summed E-state index contributed by atoms with van der Waals surface area (Å²) in [4.78, 5) is 22.5. The fourth-order valence-corrected chi connectivity index (χ4v) is 0. The summed E-state index contributed by atoms with van der Waals surface area (Å²) in [5, 5.41) is 0. The molecular weight excluding hydrogens is 143 g/mol. The molecule has 0 bridgehead atoms. The standard InChI is InChI=1S/3CO.Co/c3*1-2;. The molecule has 0 aromatic rings. The molecule has 0 aliphatic heterocycles. The van der Waals surface area contributed by atoms with Crippen LogP contribution >= 0.6 is 0 Å². The molecule has 0 heterocycles. The second kappa shape index (κ2) is 481. The maximum atomic E-state index is 7.50. The Hall–Kier alpha value is -0.484. The van der Waals surface area contributed by atoms with Gasteiger partial charge in [0.25, 0.3) is 20.4 Å². The minimum Gasteiger partial charge on any atom is -0.281 e. The second-order valence-electron chi connectivity index (χ2n) is 0. The summed E-state index contributed by atoms with van der Waals surface area (Å²) in [5.41, 5.74) is 0. The normalized spacial score (nSPS) is 1.71. The van der Waals surface area contributed by atoms with Crippen LogP contribution in [-0.2, 0) is 31.2 Å². The smallest absolute Gasteiger partial charge is 0.281 e. The summed E-state index contributed by atoms with van der Waals surface area (Å²) < 4.78 is 0. The molecule has 3 nitrogen and oxygen atoms in total. The maximum absolute atomic E-state index is 7.50. The van der Waals surface area contributed by atoms with Crippen LogP contribution in [0.15, 0.2) is 0 Å². The summed E-state index contributed by atoms with van der Waals surface area (Å²) >= 11 is 0. The van der Waals surface area contributed by atoms with E-state index in [4.69, 9.17) is 14.4 Å². The minimum absolute atomic E-state index is 0. The average molecular weight is 143 g/mol. The predicted octanol–water partition coefficient (Wildman–Crippen LogP) is -1.19. The Morgan fingerprint density at radius 3 is 0.571 bits per heavy atom. The van der Waals surface area contributed by atoms with E-state index in [2.05, 4.69) is 20.4 Å². The molecule has 7 radical (unpaired) electrons. The van der Waals surface area contributed by atoms with Gasteiger partial charge in [0.2, 0.25) is 0 Å². The Bertz CT molecular complexity index is 14.9. The molecule has 0 N–H and O–H groups in total. The Morgan fingerprint density at radius 2 is 0.571 bits per heavy atom. The molecule has 0 unspecified atom stereocenters. The molecule has 4 heteroatoms. The van der Waals surface area contributed by atoms with Gasteiger partial charge in [0.15, 0.2) is 0 Å². The van der Waals surface area contributed by atoms with Gasteiger partial charge < -0.3 is 0 Å². The van der Waals surface area contributed by atoms with E-state index in [9.17, 15) is 0 Å². The molecule has 0 atom stereocenters. The molecule has 0 amide bonds. The van der Waals surface area contributed by atoms with Gasteiger partial charge in [0.1, 0.15) is 0 Å². The first-order valence-electron chi connectivity index (χ1n) is 0.612. The SMILES string of the molecule is [C]=O.[C]=O.[C]=O.[Co]. The van der Waals surface area contributed by atoms with E-state index in [0.717, 1.165) is 0 Å². The molecule has 0 aliphatic rings. The zero-order valence-electron chi connectivity index (χ0n) is 3.06. The Balaban J connectivity index is -0.00000000900. The van der Waals surface area contributed by atoms with E-state index >= 15 is 0 Å². The van der Waals surface area contributed by atoms with Crippen molar-refractivity contribution in [2.45, 2.75) is 0 Å². The van der Waals surface area contributed by atoms with E-state index in [1.54, 1.807) is 0 Å². The van der Waals surface area contributed by atoms with Gasteiger partial charge in [-0.3, -0.25) is 14.4 Å². The van der Waals surface area contributed by atoms with Crippen LogP contribution in [0, 0.1) is 0 Å². The molecule has 0 fully saturated rings. The average Bonchev–Trinajstić information content (AvgIpc) is 1.81. The van der Waals surface area contributed by atoms with E-state index in [-0.39, 0.29) is 16.8 Å². The molecular formula is C3CoO3. The summed E-state index contributed by atoms with van der Waals surface area (Å²) in [7, 11) is 0. The van der Waals surface area contributed by atoms with Crippen LogP contribution in [0.25, 0.3) is 0 Å². The molecule has 0 aromatic heterocycles. The van der Waals surface area contributed by atoms with Gasteiger partial charge in [0.05, 0.1) is 0 Å². The van der Waals surface area contributed by atoms with Gasteiger partial charge in [-0.15, -0.1) is 0 Å². The first-order valence-corrected chi connectivity index (χ1v) is 0.612. The van der Waals surface area contributed by atoms with E-state index < -0.39 is 0 Å². The van der Waals surface area contributed by atoms with Crippen LogP contribution in [0.5, 0.6) is 0 Å². The van der Waals surface area contributed by atoms with Crippen LogP contribution < -0.4 is 0 Å². The summed E-state index contributed by atoms with van der Waals surface area (Å²) in [5.74, 6) is 0. The first-order chi connectivity index (χ1) is 3.00. The fourth-order valence-electron chi connectivity index (χ4n) is 0. The van der Waals surface area contributed by atoms with Crippen molar-refractivity contribution < 1.29 is 31.2 Å². The number of hydrogen-bond donors (Lipinski definition) is 0. The van der Waals surface area contributed by atoms with Crippen molar-refractivity contribution in [3.8, 4) is 0 Å². The zero-order valence-corrected chi connectivity index (χ0v) is 4.10. The molecule has 0 rings (SSSR count). The quantitative estimate of drug-likeness (QED) is 0.428. The molecule has 39 valence electrons. The predicted molar refractivity (Wildman–Crippen MR) is 17.1 cm³/mol. The number of rotatable bonds is 0. The van der Waals surface area contributed by atoms with Gasteiger partial charge in [-0.05, 0) is 0 Å². The van der Waals surface area contributed by atoms with Gasteiger partial charge in [0, 0.05) is 16.8 Å². The van der Waals surface area contributed by atoms with Crippen molar-refractivity contribution >= 4 is 20.4 Å². The number of hydrogen-bond acceptors (Lipinski definition) is 3. The summed E-state index contributed by atoms with van der Waals surface area (Å²) in [6, 6.07) is 0. The third kappa shape index (κ3) is 292. The van der Waals surface area contributed by atoms with E-state index in [1.165, 1.54) is 0 Å². The van der Waals surface area contributed by atoms with Crippen molar-refractivity contribution in [3.05, 3.63) is 0 Å². The van der Waals surface area contributed by atoms with Gasteiger partial charge in [-0.25, -0.2) is 0 Å². The van der Waals surface area contributed by atoms with Crippen molar-refractivity contribution in [1.29, 1.82) is 0 Å². The molecule has 0 saturated carbocycles. The monoisotopic (exact) mass is 143 g/mol. The van der Waals surface area contributed by atoms with Crippen molar-refractivity contribution in [1.82, 2.24) is 0 Å². The van der Waals surface area contributed by atoms with Crippen LogP contribution in [0.3, 0.4) is 0 Å². The van der Waals surface area contributed by atoms with Gasteiger partial charge >= 0.3 is 0 Å². The summed E-state index contributed by atoms with van der Waals surface area (Å²) in [6.07, 6.45) is 0. The first kappa shape index (κ1) is 31.3. The topological polar surface area (TPSA) is 51.2 Å². The van der Waals surface area contributed by atoms with E-state index in [1.807, 2.05) is 0 Å². The van der Waals surface area contributed by atoms with Gasteiger partial charge in [-0.1, -0.05) is 0 Å². The fraction of sp³-hybridized carbons (Fsp3) is 0. The van der Waals surface area contributed by atoms with Crippen LogP contribution in [0.4, 0.5) is 0 Å². The Kier molecular flexibility index (Phi) is 2150. The third-order valence-corrected chi connectivity index (χ3v) is 0. The third-order valence-electron chi connectivity index (χ3n) is 0. The number of carbonyl (C=O) groups excluding carboxylic acids is 3. The molecule has 0 aromatic carbocycles. The second-order valence-corrected chi connectivity index (χ2v) is 0. The largest absolute Gasteiger partial charge is 0.281 e. The Labute approximate surface area is 52.3 Å². The van der Waals surface area contributed by atoms with Crippen LogP contribution in [0.2, 0.25) is 0 Å². The van der Waals surface area contributed by atoms with Crippen molar-refractivity contribution in [2.75, 3.05) is 0 Å². The van der Waals surface area contributed by atoms with Gasteiger partial charge in [-0.2, -0.15) is 0 Å². The van der Waals surface area contributed by atoms with Crippen LogP contribution in [0.1, 0.15) is 0 Å². The summed E-state index contributed by atoms with van der Waals surface area (Å²) in [6.45, 7) is 13.5. The van der Waals surface area contributed by atoms with E-state index in [0.29, 0.717) is 0 Å². The van der Waals surface area contributed by atoms with Crippen molar-refractivity contribution in [2.24, 2.45) is 0 Å². The Morgan fingerprint density at radius 1 is 0.571 bits per heavy atom. The molecule has 7 heavy (non-hydrogen) atoms. The molecule has 0 saturated heterocycles. The minimum atomic E-state index is 0. The van der Waals surface area contributed by atoms with Crippen molar-refractivity contribution in [3.63, 3.8) is 0 Å². The van der Waals surface area contributed by atoms with Crippen LogP contribution in [-0.4, -0.2) is 20.4 Å². The zero-order chi connectivity index (χ0) is 6.00. The molecule has 0 aliphatic carbocycles. The molecule has 0 spiro atoms. The maximum Gasteiger partial charge on any atom is 0.281 e.